The molecule has 4 rings (SSSR count). The lowest BCUT2D eigenvalue weighted by atomic mass is 10.0. The summed E-state index contributed by atoms with van der Waals surface area (Å²) < 4.78 is 13.4. The summed E-state index contributed by atoms with van der Waals surface area (Å²) in [5.74, 6) is -0.132. The zero-order valence-corrected chi connectivity index (χ0v) is 16.8. The number of rotatable bonds is 4. The van der Waals surface area contributed by atoms with E-state index < -0.39 is 11.7 Å². The smallest absolute Gasteiger partial charge is 0.264 e. The molecule has 1 atom stereocenters. The van der Waals surface area contributed by atoms with Gasteiger partial charge in [-0.05, 0) is 56.0 Å². The fourth-order valence-electron chi connectivity index (χ4n) is 3.62. The van der Waals surface area contributed by atoms with Crippen molar-refractivity contribution < 1.29 is 14.0 Å². The van der Waals surface area contributed by atoms with Crippen LogP contribution in [0.15, 0.2) is 42.7 Å². The quantitative estimate of drug-likeness (QED) is 0.660. The minimum Gasteiger partial charge on any atom is -0.347 e. The molecule has 2 N–H and O–H groups in total. The molecule has 3 heterocycles. The highest BCUT2D eigenvalue weighted by atomic mass is 32.1. The number of aryl methyl sites for hydroxylation is 1. The maximum Gasteiger partial charge on any atom is 0.264 e. The van der Waals surface area contributed by atoms with Crippen LogP contribution < -0.4 is 5.32 Å². The largest absolute Gasteiger partial charge is 0.347 e. The van der Waals surface area contributed by atoms with Crippen LogP contribution in [0, 0.1) is 12.7 Å². The number of likely N-dealkylation sites (tertiary alicyclic amines) is 1. The molecule has 2 aromatic heterocycles. The second-order valence-corrected chi connectivity index (χ2v) is 8.12. The zero-order chi connectivity index (χ0) is 20.4. The van der Waals surface area contributed by atoms with E-state index in [9.17, 15) is 14.0 Å². The number of imidazole rings is 1. The van der Waals surface area contributed by atoms with Crippen molar-refractivity contribution in [2.45, 2.75) is 32.2 Å². The monoisotopic (exact) mass is 412 g/mol. The number of carbonyl (C=O) groups excluding carboxylic acids is 2. The highest BCUT2D eigenvalue weighted by Crippen LogP contribution is 2.34. The molecule has 0 saturated carbocycles. The number of benzene rings is 1. The second-order valence-electron chi connectivity index (χ2n) is 7.07. The number of hydrogen-bond acceptors (Lipinski definition) is 4. The van der Waals surface area contributed by atoms with Crippen LogP contribution in [0.2, 0.25) is 0 Å². The number of aromatic nitrogens is 2. The molecule has 6 nitrogen and oxygen atoms in total. The third kappa shape index (κ3) is 4.07. The molecule has 29 heavy (non-hydrogen) atoms. The molecule has 1 aliphatic heterocycles. The van der Waals surface area contributed by atoms with Crippen molar-refractivity contribution in [1.29, 1.82) is 0 Å². The van der Waals surface area contributed by atoms with Gasteiger partial charge in [0, 0.05) is 24.5 Å². The average Bonchev–Trinajstić information content (AvgIpc) is 3.37. The molecule has 2 amide bonds. The van der Waals surface area contributed by atoms with Crippen molar-refractivity contribution in [3.8, 4) is 0 Å². The lowest BCUT2D eigenvalue weighted by Crippen LogP contribution is -2.38. The normalized spacial score (nSPS) is 16.6. The van der Waals surface area contributed by atoms with Crippen molar-refractivity contribution in [3.05, 3.63) is 70.4 Å². The summed E-state index contributed by atoms with van der Waals surface area (Å²) in [5, 5.41) is 3.33. The van der Waals surface area contributed by atoms with E-state index >= 15 is 0 Å². The number of piperidine rings is 1. The number of halogens is 1. The van der Waals surface area contributed by atoms with E-state index in [2.05, 4.69) is 15.3 Å². The molecule has 0 spiro atoms. The Kier molecular flexibility index (Phi) is 5.44. The maximum absolute atomic E-state index is 13.4. The number of aromatic amines is 1. The molecule has 1 aliphatic rings. The first-order valence-corrected chi connectivity index (χ1v) is 10.3. The Morgan fingerprint density at radius 1 is 1.31 bits per heavy atom. The number of thiophene rings is 1. The molecule has 1 aromatic carbocycles. The Balaban J connectivity index is 1.54. The van der Waals surface area contributed by atoms with Gasteiger partial charge in [0.15, 0.2) is 0 Å². The van der Waals surface area contributed by atoms with E-state index in [1.165, 1.54) is 29.5 Å². The SMILES string of the molecule is Cc1cc(NC(=O)c2cccc(F)c2)sc1C(=O)N1CCCC[C@@H]1c1ncc[nH]1. The Morgan fingerprint density at radius 2 is 2.17 bits per heavy atom. The first-order chi connectivity index (χ1) is 14.0. The van der Waals surface area contributed by atoms with Gasteiger partial charge in [0.05, 0.1) is 15.9 Å². The highest BCUT2D eigenvalue weighted by molar-refractivity contribution is 7.18. The van der Waals surface area contributed by atoms with E-state index in [1.807, 2.05) is 11.8 Å². The Labute approximate surface area is 171 Å². The number of hydrogen-bond donors (Lipinski definition) is 2. The third-order valence-electron chi connectivity index (χ3n) is 5.03. The molecule has 3 aromatic rings. The molecular formula is C21H21FN4O2S. The lowest BCUT2D eigenvalue weighted by molar-refractivity contribution is 0.0605. The molecule has 0 unspecified atom stereocenters. The standard InChI is InChI=1S/C21H21FN4O2S/c1-13-11-17(25-20(27)14-5-4-6-15(22)12-14)29-18(13)21(28)26-10-3-2-7-16(26)19-23-8-9-24-19/h4-6,8-9,11-12,16H,2-3,7,10H2,1H3,(H,23,24)(H,25,27)/t16-/m1/s1. The van der Waals surface area contributed by atoms with Crippen molar-refractivity contribution in [2.24, 2.45) is 0 Å². The van der Waals surface area contributed by atoms with Crippen molar-refractivity contribution in [3.63, 3.8) is 0 Å². The zero-order valence-electron chi connectivity index (χ0n) is 15.9. The van der Waals surface area contributed by atoms with E-state index in [1.54, 1.807) is 24.5 Å². The minimum absolute atomic E-state index is 0.0557. The molecule has 8 heteroatoms. The van der Waals surface area contributed by atoms with Crippen molar-refractivity contribution in [2.75, 3.05) is 11.9 Å². The van der Waals surface area contributed by atoms with Gasteiger partial charge in [0.25, 0.3) is 11.8 Å². The summed E-state index contributed by atoms with van der Waals surface area (Å²) in [6.07, 6.45) is 6.34. The third-order valence-corrected chi connectivity index (χ3v) is 6.17. The van der Waals surface area contributed by atoms with E-state index in [-0.39, 0.29) is 17.5 Å². The molecule has 0 aliphatic carbocycles. The van der Waals surface area contributed by atoms with Crippen LogP contribution in [0.4, 0.5) is 9.39 Å². The van der Waals surface area contributed by atoms with Crippen LogP contribution in [0.1, 0.15) is 56.7 Å². The predicted octanol–water partition coefficient (Wildman–Crippen LogP) is 4.54. The Hall–Kier alpha value is -3.00. The van der Waals surface area contributed by atoms with E-state index in [0.717, 1.165) is 30.7 Å². The van der Waals surface area contributed by atoms with Crippen LogP contribution >= 0.6 is 11.3 Å². The van der Waals surface area contributed by atoms with Gasteiger partial charge in [0.1, 0.15) is 11.6 Å². The lowest BCUT2D eigenvalue weighted by Gasteiger charge is -2.34. The first-order valence-electron chi connectivity index (χ1n) is 9.50. The van der Waals surface area contributed by atoms with Crippen molar-refractivity contribution in [1.82, 2.24) is 14.9 Å². The van der Waals surface area contributed by atoms with Gasteiger partial charge in [-0.25, -0.2) is 9.37 Å². The number of carbonyl (C=O) groups is 2. The van der Waals surface area contributed by atoms with Gasteiger partial charge in [-0.15, -0.1) is 11.3 Å². The van der Waals surface area contributed by atoms with Gasteiger partial charge in [0.2, 0.25) is 0 Å². The average molecular weight is 412 g/mol. The minimum atomic E-state index is -0.468. The van der Waals surface area contributed by atoms with Gasteiger partial charge in [-0.3, -0.25) is 9.59 Å². The molecule has 1 fully saturated rings. The maximum atomic E-state index is 13.4. The fourth-order valence-corrected chi connectivity index (χ4v) is 4.64. The van der Waals surface area contributed by atoms with Crippen LogP contribution in [-0.2, 0) is 0 Å². The number of anilines is 1. The summed E-state index contributed by atoms with van der Waals surface area (Å²) in [4.78, 5) is 35.6. The van der Waals surface area contributed by atoms with E-state index in [0.29, 0.717) is 16.4 Å². The summed E-state index contributed by atoms with van der Waals surface area (Å²) in [6.45, 7) is 2.53. The van der Waals surface area contributed by atoms with Gasteiger partial charge >= 0.3 is 0 Å². The molecule has 0 radical (unpaired) electrons. The number of H-pyrrole nitrogens is 1. The number of amides is 2. The van der Waals surface area contributed by atoms with Crippen LogP contribution in [0.3, 0.4) is 0 Å². The van der Waals surface area contributed by atoms with E-state index in [4.69, 9.17) is 0 Å². The number of nitrogens with zero attached hydrogens (tertiary/aromatic N) is 2. The Bertz CT molecular complexity index is 1030. The summed E-state index contributed by atoms with van der Waals surface area (Å²) in [6, 6.07) is 7.22. The summed E-state index contributed by atoms with van der Waals surface area (Å²) in [5.41, 5.74) is 1.04. The highest BCUT2D eigenvalue weighted by Gasteiger charge is 2.31. The molecule has 150 valence electrons. The van der Waals surface area contributed by atoms with Gasteiger partial charge < -0.3 is 15.2 Å². The predicted molar refractivity (Wildman–Crippen MR) is 110 cm³/mol. The molecule has 0 bridgehead atoms. The molecule has 1 saturated heterocycles. The topological polar surface area (TPSA) is 78.1 Å². The number of nitrogens with one attached hydrogen (secondary N) is 2. The Morgan fingerprint density at radius 3 is 2.93 bits per heavy atom. The second kappa shape index (κ2) is 8.16. The first kappa shape index (κ1) is 19.3. The van der Waals surface area contributed by atoms with Crippen molar-refractivity contribution >= 4 is 28.2 Å². The van der Waals surface area contributed by atoms with Crippen LogP contribution in [-0.4, -0.2) is 33.2 Å². The fraction of sp³-hybridized carbons (Fsp3) is 0.286. The van der Waals surface area contributed by atoms with Gasteiger partial charge in [-0.2, -0.15) is 0 Å². The molecular weight excluding hydrogens is 391 g/mol. The van der Waals surface area contributed by atoms with Crippen LogP contribution in [0.25, 0.3) is 0 Å². The van der Waals surface area contributed by atoms with Crippen LogP contribution in [0.5, 0.6) is 0 Å². The van der Waals surface area contributed by atoms with Gasteiger partial charge in [-0.1, -0.05) is 6.07 Å². The summed E-state index contributed by atoms with van der Waals surface area (Å²) >= 11 is 1.24. The summed E-state index contributed by atoms with van der Waals surface area (Å²) in [7, 11) is 0.